The van der Waals surface area contributed by atoms with Crippen LogP contribution < -0.4 is 0 Å². The molecular formula is C10H7F11O2. The van der Waals surface area contributed by atoms with E-state index in [1.54, 1.807) is 0 Å². The van der Waals surface area contributed by atoms with Crippen LogP contribution in [0.5, 0.6) is 0 Å². The molecule has 0 saturated carbocycles. The molecule has 0 radical (unpaired) electrons. The fourth-order valence-corrected chi connectivity index (χ4v) is 1.09. The molecule has 0 aliphatic heterocycles. The number of ether oxygens (including phenoxy) is 1. The monoisotopic (exact) mass is 368 g/mol. The van der Waals surface area contributed by atoms with Crippen LogP contribution in [-0.4, -0.2) is 48.9 Å². The molecule has 23 heavy (non-hydrogen) atoms. The minimum Gasteiger partial charge on any atom is -0.421 e. The Balaban J connectivity index is 5.63. The summed E-state index contributed by atoms with van der Waals surface area (Å²) in [4.78, 5) is 10.4. The highest BCUT2D eigenvalue weighted by atomic mass is 19.4. The highest BCUT2D eigenvalue weighted by Crippen LogP contribution is 2.51. The zero-order valence-corrected chi connectivity index (χ0v) is 10.6. The standard InChI is InChI=1S/C10H7F11O2/c1-2-3(22)23-7(15)9(18,19)10(20,21)8(16,17)5(12)4(11)6(13)14/h2,4-7H,1H2. The lowest BCUT2D eigenvalue weighted by Crippen LogP contribution is -2.64. The Morgan fingerprint density at radius 2 is 1.35 bits per heavy atom. The third kappa shape index (κ3) is 3.86. The summed E-state index contributed by atoms with van der Waals surface area (Å²) in [7, 11) is 0. The van der Waals surface area contributed by atoms with E-state index in [0.717, 1.165) is 0 Å². The molecule has 0 aromatic rings. The van der Waals surface area contributed by atoms with Crippen LogP contribution in [0.2, 0.25) is 0 Å². The fourth-order valence-electron chi connectivity index (χ4n) is 1.09. The van der Waals surface area contributed by atoms with Crippen molar-refractivity contribution < 1.29 is 57.8 Å². The van der Waals surface area contributed by atoms with Gasteiger partial charge in [-0.1, -0.05) is 6.58 Å². The summed E-state index contributed by atoms with van der Waals surface area (Å²) in [6, 6.07) is 0. The van der Waals surface area contributed by atoms with Gasteiger partial charge in [0.15, 0.2) is 6.17 Å². The number of hydrogen-bond acceptors (Lipinski definition) is 2. The molecule has 0 aliphatic carbocycles. The minimum absolute atomic E-state index is 0.00525. The molecule has 0 saturated heterocycles. The highest BCUT2D eigenvalue weighted by Gasteiger charge is 2.79. The van der Waals surface area contributed by atoms with Crippen LogP contribution in [0.15, 0.2) is 12.7 Å². The zero-order chi connectivity index (χ0) is 18.8. The normalized spacial score (nSPS) is 17.6. The molecule has 0 fully saturated rings. The minimum atomic E-state index is -7.01. The Labute approximate surface area is 120 Å². The van der Waals surface area contributed by atoms with Crippen molar-refractivity contribution in [3.8, 4) is 0 Å². The van der Waals surface area contributed by atoms with E-state index in [1.807, 2.05) is 0 Å². The van der Waals surface area contributed by atoms with Crippen LogP contribution in [-0.2, 0) is 9.53 Å². The second kappa shape index (κ2) is 6.91. The Bertz CT molecular complexity index is 437. The summed E-state index contributed by atoms with van der Waals surface area (Å²) in [5.74, 6) is -22.4. The van der Waals surface area contributed by atoms with Gasteiger partial charge in [-0.25, -0.2) is 22.4 Å². The summed E-state index contributed by atoms with van der Waals surface area (Å²) in [6.07, 6.45) is -18.9. The second-order valence-corrected chi connectivity index (χ2v) is 3.96. The Hall–Kier alpha value is -1.56. The van der Waals surface area contributed by atoms with E-state index in [9.17, 15) is 53.1 Å². The molecule has 0 N–H and O–H groups in total. The molecule has 0 aromatic heterocycles. The molecule has 0 spiro atoms. The van der Waals surface area contributed by atoms with Crippen LogP contribution in [0, 0.1) is 0 Å². The third-order valence-corrected chi connectivity index (χ3v) is 2.38. The predicted molar refractivity (Wildman–Crippen MR) is 51.8 cm³/mol. The molecule has 0 rings (SSSR count). The molecule has 13 heteroatoms. The van der Waals surface area contributed by atoms with E-state index < -0.39 is 48.9 Å². The number of hydrogen-bond donors (Lipinski definition) is 0. The van der Waals surface area contributed by atoms with E-state index in [4.69, 9.17) is 0 Å². The van der Waals surface area contributed by atoms with E-state index in [-0.39, 0.29) is 6.08 Å². The first kappa shape index (κ1) is 21.4. The summed E-state index contributed by atoms with van der Waals surface area (Å²) in [5, 5.41) is 0. The van der Waals surface area contributed by atoms with Crippen molar-refractivity contribution in [1.29, 1.82) is 0 Å². The third-order valence-electron chi connectivity index (χ3n) is 2.38. The van der Waals surface area contributed by atoms with Gasteiger partial charge in [0.25, 0.3) is 6.43 Å². The van der Waals surface area contributed by atoms with Crippen molar-refractivity contribution >= 4 is 5.97 Å². The van der Waals surface area contributed by atoms with E-state index in [2.05, 4.69) is 11.3 Å². The van der Waals surface area contributed by atoms with E-state index in [0.29, 0.717) is 0 Å². The number of esters is 1. The van der Waals surface area contributed by atoms with E-state index in [1.165, 1.54) is 0 Å². The van der Waals surface area contributed by atoms with Crippen molar-refractivity contribution in [3.63, 3.8) is 0 Å². The van der Waals surface area contributed by atoms with Crippen molar-refractivity contribution in [3.05, 3.63) is 12.7 Å². The van der Waals surface area contributed by atoms with Gasteiger partial charge in [-0.15, -0.1) is 0 Å². The average molecular weight is 368 g/mol. The number of carbonyl (C=O) groups excluding carboxylic acids is 1. The van der Waals surface area contributed by atoms with Gasteiger partial charge < -0.3 is 4.74 Å². The van der Waals surface area contributed by atoms with Crippen LogP contribution in [0.25, 0.3) is 0 Å². The number of halogens is 11. The maximum atomic E-state index is 13.0. The molecule has 2 nitrogen and oxygen atoms in total. The number of alkyl halides is 11. The van der Waals surface area contributed by atoms with Crippen molar-refractivity contribution in [2.45, 2.75) is 42.9 Å². The lowest BCUT2D eigenvalue weighted by Gasteiger charge is -2.35. The average Bonchev–Trinajstić information content (AvgIpc) is 2.44. The maximum Gasteiger partial charge on any atom is 0.381 e. The Morgan fingerprint density at radius 3 is 1.70 bits per heavy atom. The molecule has 3 atom stereocenters. The molecule has 3 unspecified atom stereocenters. The topological polar surface area (TPSA) is 26.3 Å². The molecule has 0 aromatic carbocycles. The van der Waals surface area contributed by atoms with Gasteiger partial charge >= 0.3 is 30.1 Å². The molecule has 0 aliphatic rings. The molecule has 136 valence electrons. The number of carbonyl (C=O) groups is 1. The Morgan fingerprint density at radius 1 is 0.913 bits per heavy atom. The fraction of sp³-hybridized carbons (Fsp3) is 0.700. The van der Waals surface area contributed by atoms with Gasteiger partial charge in [-0.05, 0) is 0 Å². The largest absolute Gasteiger partial charge is 0.421 e. The summed E-state index contributed by atoms with van der Waals surface area (Å²) in [6.45, 7) is 2.56. The van der Waals surface area contributed by atoms with Crippen molar-refractivity contribution in [1.82, 2.24) is 0 Å². The van der Waals surface area contributed by atoms with Gasteiger partial charge in [0.2, 0.25) is 6.17 Å². The van der Waals surface area contributed by atoms with Gasteiger partial charge in [-0.3, -0.25) is 0 Å². The molecular weight excluding hydrogens is 361 g/mol. The Kier molecular flexibility index (Phi) is 6.44. The van der Waals surface area contributed by atoms with Gasteiger partial charge in [0, 0.05) is 6.08 Å². The van der Waals surface area contributed by atoms with Crippen molar-refractivity contribution in [2.75, 3.05) is 0 Å². The summed E-state index contributed by atoms with van der Waals surface area (Å²) < 4.78 is 143. The van der Waals surface area contributed by atoms with Crippen LogP contribution in [0.1, 0.15) is 0 Å². The van der Waals surface area contributed by atoms with Gasteiger partial charge in [0.05, 0.1) is 0 Å². The molecule has 0 bridgehead atoms. The lowest BCUT2D eigenvalue weighted by molar-refractivity contribution is -0.364. The van der Waals surface area contributed by atoms with Crippen LogP contribution >= 0.6 is 0 Å². The SMILES string of the molecule is C=CC(=O)OC(F)C(F)(F)C(F)(F)C(F)(F)C(F)C(F)C(F)F. The van der Waals surface area contributed by atoms with Crippen LogP contribution in [0.3, 0.4) is 0 Å². The first-order valence-electron chi connectivity index (χ1n) is 5.31. The van der Waals surface area contributed by atoms with E-state index >= 15 is 0 Å². The summed E-state index contributed by atoms with van der Waals surface area (Å²) in [5.41, 5.74) is 0. The molecule has 0 heterocycles. The molecule has 0 amide bonds. The second-order valence-electron chi connectivity index (χ2n) is 3.96. The zero-order valence-electron chi connectivity index (χ0n) is 10.6. The maximum absolute atomic E-state index is 13.0. The van der Waals surface area contributed by atoms with Gasteiger partial charge in [-0.2, -0.15) is 30.7 Å². The number of rotatable bonds is 8. The predicted octanol–water partition coefficient (Wildman–Crippen LogP) is 3.86. The highest BCUT2D eigenvalue weighted by molar-refractivity contribution is 5.81. The van der Waals surface area contributed by atoms with Crippen molar-refractivity contribution in [2.24, 2.45) is 0 Å². The lowest BCUT2D eigenvalue weighted by atomic mass is 9.97. The van der Waals surface area contributed by atoms with Gasteiger partial charge in [0.1, 0.15) is 0 Å². The first-order valence-corrected chi connectivity index (χ1v) is 5.31. The smallest absolute Gasteiger partial charge is 0.381 e. The quantitative estimate of drug-likeness (QED) is 0.370. The summed E-state index contributed by atoms with van der Waals surface area (Å²) >= 11 is 0. The van der Waals surface area contributed by atoms with Crippen LogP contribution in [0.4, 0.5) is 48.3 Å². The first-order chi connectivity index (χ1) is 10.1.